The molecule has 0 aromatic carbocycles. The van der Waals surface area contributed by atoms with Crippen molar-refractivity contribution in [3.8, 4) is 11.6 Å². The fourth-order valence-corrected chi connectivity index (χ4v) is 1.46. The first kappa shape index (κ1) is 11.0. The Bertz CT molecular complexity index is 519. The molecule has 0 aliphatic heterocycles. The summed E-state index contributed by atoms with van der Waals surface area (Å²) in [6.07, 6.45) is 3.12. The van der Waals surface area contributed by atoms with E-state index in [4.69, 9.17) is 4.74 Å². The van der Waals surface area contributed by atoms with Crippen LogP contribution in [0.2, 0.25) is 0 Å². The molecule has 0 saturated carbocycles. The highest BCUT2D eigenvalue weighted by molar-refractivity contribution is 9.10. The first-order valence-electron chi connectivity index (χ1n) is 4.57. The van der Waals surface area contributed by atoms with Gasteiger partial charge in [0.2, 0.25) is 0 Å². The summed E-state index contributed by atoms with van der Waals surface area (Å²) in [5, 5.41) is 0. The van der Waals surface area contributed by atoms with Gasteiger partial charge in [-0.15, -0.1) is 0 Å². The van der Waals surface area contributed by atoms with Gasteiger partial charge in [-0.2, -0.15) is 0 Å². The molecule has 5 heteroatoms. The number of halogens is 2. The van der Waals surface area contributed by atoms with E-state index in [9.17, 15) is 4.39 Å². The van der Waals surface area contributed by atoms with Crippen molar-refractivity contribution in [3.05, 3.63) is 46.6 Å². The summed E-state index contributed by atoms with van der Waals surface area (Å²) >= 11 is 3.13. The van der Waals surface area contributed by atoms with E-state index < -0.39 is 5.82 Å². The van der Waals surface area contributed by atoms with Gasteiger partial charge >= 0.3 is 0 Å². The summed E-state index contributed by atoms with van der Waals surface area (Å²) in [4.78, 5) is 7.88. The van der Waals surface area contributed by atoms with Gasteiger partial charge in [0.1, 0.15) is 0 Å². The monoisotopic (exact) mass is 282 g/mol. The van der Waals surface area contributed by atoms with Crippen molar-refractivity contribution in [2.45, 2.75) is 6.92 Å². The Morgan fingerprint density at radius 2 is 2.19 bits per heavy atom. The topological polar surface area (TPSA) is 35.0 Å². The minimum absolute atomic E-state index is 0.0562. The molecule has 0 N–H and O–H groups in total. The molecule has 82 valence electrons. The van der Waals surface area contributed by atoms with Crippen molar-refractivity contribution in [1.82, 2.24) is 9.97 Å². The second-order valence-corrected chi connectivity index (χ2v) is 4.05. The molecule has 2 heterocycles. The van der Waals surface area contributed by atoms with E-state index in [0.29, 0.717) is 15.9 Å². The Balaban J connectivity index is 2.31. The van der Waals surface area contributed by atoms with Gasteiger partial charge in [-0.25, -0.2) is 9.37 Å². The third-order valence-corrected chi connectivity index (χ3v) is 2.37. The molecular weight excluding hydrogens is 275 g/mol. The van der Waals surface area contributed by atoms with Gasteiger partial charge in [0, 0.05) is 16.9 Å². The molecule has 0 atom stereocenters. The molecule has 0 amide bonds. The maximum atomic E-state index is 13.4. The number of aryl methyl sites for hydroxylation is 1. The van der Waals surface area contributed by atoms with Crippen LogP contribution in [0.5, 0.6) is 11.6 Å². The van der Waals surface area contributed by atoms with Crippen molar-refractivity contribution < 1.29 is 9.13 Å². The quantitative estimate of drug-likeness (QED) is 0.846. The maximum Gasteiger partial charge on any atom is 0.256 e. The first-order valence-corrected chi connectivity index (χ1v) is 5.36. The van der Waals surface area contributed by atoms with Crippen LogP contribution in [0.4, 0.5) is 4.39 Å². The van der Waals surface area contributed by atoms with Gasteiger partial charge in [0.25, 0.3) is 5.88 Å². The van der Waals surface area contributed by atoms with E-state index in [-0.39, 0.29) is 5.88 Å². The lowest BCUT2D eigenvalue weighted by molar-refractivity contribution is 0.418. The van der Waals surface area contributed by atoms with E-state index in [1.54, 1.807) is 25.3 Å². The largest absolute Gasteiger partial charge is 0.435 e. The number of aromatic nitrogens is 2. The standard InChI is InChI=1S/C11H8BrFN2O/c1-7-10(3-2-4-14-7)16-11-9(13)5-8(12)6-15-11/h2-6H,1H3. The molecule has 3 nitrogen and oxygen atoms in total. The van der Waals surface area contributed by atoms with Crippen LogP contribution in [-0.2, 0) is 0 Å². The molecule has 0 spiro atoms. The third kappa shape index (κ3) is 2.36. The van der Waals surface area contributed by atoms with Crippen molar-refractivity contribution in [2.75, 3.05) is 0 Å². The van der Waals surface area contributed by atoms with Crippen LogP contribution in [0.1, 0.15) is 5.69 Å². The highest BCUT2D eigenvalue weighted by Gasteiger charge is 2.08. The Kier molecular flexibility index (Phi) is 3.14. The number of hydrogen-bond donors (Lipinski definition) is 0. The molecule has 2 aromatic rings. The first-order chi connectivity index (χ1) is 7.66. The van der Waals surface area contributed by atoms with Crippen LogP contribution in [-0.4, -0.2) is 9.97 Å². The Morgan fingerprint density at radius 1 is 1.38 bits per heavy atom. The van der Waals surface area contributed by atoms with Crippen LogP contribution >= 0.6 is 15.9 Å². The highest BCUT2D eigenvalue weighted by Crippen LogP contribution is 2.25. The van der Waals surface area contributed by atoms with Gasteiger partial charge in [0.05, 0.1) is 5.69 Å². The minimum Gasteiger partial charge on any atom is -0.435 e. The highest BCUT2D eigenvalue weighted by atomic mass is 79.9. The summed E-state index contributed by atoms with van der Waals surface area (Å²) in [5.74, 6) is -0.0758. The summed E-state index contributed by atoms with van der Waals surface area (Å²) in [7, 11) is 0. The summed E-state index contributed by atoms with van der Waals surface area (Å²) < 4.78 is 19.3. The second-order valence-electron chi connectivity index (χ2n) is 3.13. The summed E-state index contributed by atoms with van der Waals surface area (Å²) in [6, 6.07) is 4.73. The zero-order chi connectivity index (χ0) is 11.5. The lowest BCUT2D eigenvalue weighted by atomic mass is 10.3. The molecule has 0 saturated heterocycles. The number of pyridine rings is 2. The SMILES string of the molecule is Cc1ncccc1Oc1ncc(Br)cc1F. The maximum absolute atomic E-state index is 13.4. The number of rotatable bonds is 2. The van der Waals surface area contributed by atoms with Crippen LogP contribution in [0.25, 0.3) is 0 Å². The molecule has 0 aliphatic carbocycles. The molecule has 0 aliphatic rings. The number of ether oxygens (including phenoxy) is 1. The van der Waals surface area contributed by atoms with E-state index in [0.717, 1.165) is 0 Å². The van der Waals surface area contributed by atoms with Crippen molar-refractivity contribution in [2.24, 2.45) is 0 Å². The van der Waals surface area contributed by atoms with Crippen LogP contribution < -0.4 is 4.74 Å². The average molecular weight is 283 g/mol. The predicted molar refractivity (Wildman–Crippen MR) is 60.9 cm³/mol. The summed E-state index contributed by atoms with van der Waals surface area (Å²) in [5.41, 5.74) is 0.687. The molecule has 0 bridgehead atoms. The minimum atomic E-state index is -0.516. The van der Waals surface area contributed by atoms with Gasteiger partial charge in [-0.3, -0.25) is 4.98 Å². The predicted octanol–water partition coefficient (Wildman–Crippen LogP) is 3.48. The zero-order valence-corrected chi connectivity index (χ0v) is 10.0. The second kappa shape index (κ2) is 4.57. The van der Waals surface area contributed by atoms with Gasteiger partial charge in [-0.05, 0) is 41.1 Å². The zero-order valence-electron chi connectivity index (χ0n) is 8.45. The molecule has 0 radical (unpaired) electrons. The fourth-order valence-electron chi connectivity index (χ4n) is 1.16. The normalized spacial score (nSPS) is 10.2. The van der Waals surface area contributed by atoms with Gasteiger partial charge in [-0.1, -0.05) is 0 Å². The van der Waals surface area contributed by atoms with E-state index >= 15 is 0 Å². The smallest absolute Gasteiger partial charge is 0.256 e. The average Bonchev–Trinajstić information content (AvgIpc) is 2.25. The molecule has 2 aromatic heterocycles. The third-order valence-electron chi connectivity index (χ3n) is 1.94. The lowest BCUT2D eigenvalue weighted by Crippen LogP contribution is -1.94. The Labute approximate surface area is 100 Å². The van der Waals surface area contributed by atoms with E-state index in [2.05, 4.69) is 25.9 Å². The molecule has 0 unspecified atom stereocenters. The van der Waals surface area contributed by atoms with Crippen LogP contribution in [0.3, 0.4) is 0 Å². The molecule has 16 heavy (non-hydrogen) atoms. The lowest BCUT2D eigenvalue weighted by Gasteiger charge is -2.07. The Morgan fingerprint density at radius 3 is 2.88 bits per heavy atom. The van der Waals surface area contributed by atoms with Crippen LogP contribution in [0.15, 0.2) is 35.1 Å². The fraction of sp³-hybridized carbons (Fsp3) is 0.0909. The molecular formula is C11H8BrFN2O. The van der Waals surface area contributed by atoms with Gasteiger partial charge in [0.15, 0.2) is 11.6 Å². The molecule has 0 fully saturated rings. The van der Waals surface area contributed by atoms with Crippen molar-refractivity contribution >= 4 is 15.9 Å². The van der Waals surface area contributed by atoms with Crippen molar-refractivity contribution in [3.63, 3.8) is 0 Å². The number of nitrogens with zero attached hydrogens (tertiary/aromatic N) is 2. The Hall–Kier alpha value is -1.49. The number of hydrogen-bond acceptors (Lipinski definition) is 3. The summed E-state index contributed by atoms with van der Waals surface area (Å²) in [6.45, 7) is 1.78. The molecule has 2 rings (SSSR count). The van der Waals surface area contributed by atoms with Crippen molar-refractivity contribution in [1.29, 1.82) is 0 Å². The van der Waals surface area contributed by atoms with Gasteiger partial charge < -0.3 is 4.74 Å². The van der Waals surface area contributed by atoms with E-state index in [1.807, 2.05) is 0 Å². The van der Waals surface area contributed by atoms with E-state index in [1.165, 1.54) is 12.3 Å². The van der Waals surface area contributed by atoms with Crippen LogP contribution in [0, 0.1) is 12.7 Å².